The van der Waals surface area contributed by atoms with E-state index in [1.807, 2.05) is 0 Å². The first-order valence-corrected chi connectivity index (χ1v) is 6.52. The molecule has 0 fully saturated rings. The summed E-state index contributed by atoms with van der Waals surface area (Å²) in [6.07, 6.45) is 2.57. The molecule has 0 bridgehead atoms. The van der Waals surface area contributed by atoms with Crippen LogP contribution in [0.25, 0.3) is 17.1 Å². The number of halogens is 1. The van der Waals surface area contributed by atoms with E-state index in [-0.39, 0.29) is 23.3 Å². The molecule has 0 atom stereocenters. The second-order valence-electron chi connectivity index (χ2n) is 4.38. The number of aromatic amines is 1. The molecule has 0 aliphatic rings. The molecule has 2 heterocycles. The summed E-state index contributed by atoms with van der Waals surface area (Å²) < 4.78 is 4.92. The van der Waals surface area contributed by atoms with Crippen molar-refractivity contribution in [1.82, 2.24) is 9.97 Å². The Balaban J connectivity index is 1.82. The van der Waals surface area contributed by atoms with Crippen molar-refractivity contribution in [3.8, 4) is 0 Å². The number of rotatable bonds is 4. The van der Waals surface area contributed by atoms with Gasteiger partial charge in [-0.05, 0) is 36.4 Å². The van der Waals surface area contributed by atoms with Crippen LogP contribution >= 0.6 is 11.6 Å². The van der Waals surface area contributed by atoms with Crippen LogP contribution in [-0.2, 0) is 0 Å². The number of fused-ring (bicyclic) bond motifs is 1. The van der Waals surface area contributed by atoms with Crippen molar-refractivity contribution in [2.24, 2.45) is 0 Å². The molecule has 0 saturated heterocycles. The zero-order chi connectivity index (χ0) is 15.7. The molecule has 110 valence electrons. The smallest absolute Gasteiger partial charge is 0.401 e. The highest BCUT2D eigenvalue weighted by atomic mass is 35.5. The molecular weight excluding hydrogens is 310 g/mol. The first kappa shape index (κ1) is 14.0. The van der Waals surface area contributed by atoms with Gasteiger partial charge >= 0.3 is 5.88 Å². The number of benzene rings is 1. The van der Waals surface area contributed by atoms with Gasteiger partial charge in [0.2, 0.25) is 5.78 Å². The second-order valence-corrected chi connectivity index (χ2v) is 4.81. The highest BCUT2D eigenvalue weighted by Crippen LogP contribution is 2.19. The van der Waals surface area contributed by atoms with Gasteiger partial charge in [0.25, 0.3) is 0 Å². The quantitative estimate of drug-likeness (QED) is 0.343. The number of aromatic nitrogens is 2. The fourth-order valence-electron chi connectivity index (χ4n) is 1.87. The van der Waals surface area contributed by atoms with Gasteiger partial charge in [0.15, 0.2) is 5.82 Å². The van der Waals surface area contributed by atoms with Gasteiger partial charge in [0.05, 0.1) is 17.1 Å². The lowest BCUT2D eigenvalue weighted by Gasteiger charge is -1.88. The minimum absolute atomic E-state index is 0.148. The summed E-state index contributed by atoms with van der Waals surface area (Å²) >= 11 is 5.86. The zero-order valence-corrected chi connectivity index (χ0v) is 11.7. The highest BCUT2D eigenvalue weighted by Gasteiger charge is 2.12. The van der Waals surface area contributed by atoms with E-state index in [1.54, 1.807) is 18.2 Å². The van der Waals surface area contributed by atoms with Gasteiger partial charge in [-0.25, -0.2) is 4.98 Å². The van der Waals surface area contributed by atoms with Crippen LogP contribution < -0.4 is 0 Å². The van der Waals surface area contributed by atoms with Crippen LogP contribution in [0.2, 0.25) is 5.02 Å². The van der Waals surface area contributed by atoms with E-state index < -0.39 is 4.92 Å². The number of imidazole rings is 1. The van der Waals surface area contributed by atoms with Crippen molar-refractivity contribution in [3.05, 3.63) is 63.1 Å². The fraction of sp³-hybridized carbons (Fsp3) is 0. The molecule has 7 nitrogen and oxygen atoms in total. The lowest BCUT2D eigenvalue weighted by Crippen LogP contribution is -1.96. The summed E-state index contributed by atoms with van der Waals surface area (Å²) in [5.41, 5.74) is 1.27. The van der Waals surface area contributed by atoms with Crippen LogP contribution in [0.15, 0.2) is 40.8 Å². The van der Waals surface area contributed by atoms with Crippen LogP contribution in [0, 0.1) is 10.1 Å². The van der Waals surface area contributed by atoms with Crippen molar-refractivity contribution in [2.45, 2.75) is 0 Å². The number of nitrogens with one attached hydrogen (secondary N) is 1. The summed E-state index contributed by atoms with van der Waals surface area (Å²) in [6.45, 7) is 0. The number of allylic oxidation sites excluding steroid dienone is 1. The SMILES string of the molecule is O=C(/C=C/c1ccc([N+](=O)[O-])o1)c1nc2ccc(Cl)cc2[nH]1. The maximum Gasteiger partial charge on any atom is 0.433 e. The van der Waals surface area contributed by atoms with Crippen LogP contribution in [0.1, 0.15) is 16.4 Å². The molecule has 0 radical (unpaired) electrons. The summed E-state index contributed by atoms with van der Waals surface area (Å²) in [4.78, 5) is 28.9. The summed E-state index contributed by atoms with van der Waals surface area (Å²) in [5.74, 6) is -0.411. The number of ketones is 1. The molecular formula is C14H8ClN3O4. The summed E-state index contributed by atoms with van der Waals surface area (Å²) in [5, 5.41) is 11.0. The maximum atomic E-state index is 12.0. The lowest BCUT2D eigenvalue weighted by atomic mass is 10.3. The number of carbonyl (C=O) groups excluding carboxylic acids is 1. The second kappa shape index (κ2) is 5.45. The number of hydrogen-bond donors (Lipinski definition) is 1. The predicted octanol–water partition coefficient (Wildman–Crippen LogP) is 3.61. The number of furan rings is 1. The largest absolute Gasteiger partial charge is 0.433 e. The molecule has 3 rings (SSSR count). The van der Waals surface area contributed by atoms with Crippen molar-refractivity contribution in [2.75, 3.05) is 0 Å². The Labute approximate surface area is 128 Å². The van der Waals surface area contributed by atoms with Crippen molar-refractivity contribution >= 4 is 40.4 Å². The van der Waals surface area contributed by atoms with Gasteiger partial charge in [-0.3, -0.25) is 14.9 Å². The van der Waals surface area contributed by atoms with Gasteiger partial charge in [-0.1, -0.05) is 11.6 Å². The Hall–Kier alpha value is -2.93. The van der Waals surface area contributed by atoms with E-state index in [1.165, 1.54) is 24.3 Å². The number of nitro groups is 1. The molecule has 1 aromatic carbocycles. The molecule has 0 aliphatic carbocycles. The van der Waals surface area contributed by atoms with Gasteiger partial charge in [-0.2, -0.15) is 0 Å². The van der Waals surface area contributed by atoms with E-state index in [0.29, 0.717) is 16.1 Å². The third kappa shape index (κ3) is 2.75. The van der Waals surface area contributed by atoms with Crippen molar-refractivity contribution in [3.63, 3.8) is 0 Å². The maximum absolute atomic E-state index is 12.0. The van der Waals surface area contributed by atoms with Crippen LogP contribution in [0.4, 0.5) is 5.88 Å². The monoisotopic (exact) mass is 317 g/mol. The minimum atomic E-state index is -0.651. The molecule has 0 saturated carbocycles. The van der Waals surface area contributed by atoms with E-state index in [0.717, 1.165) is 0 Å². The normalized spacial score (nSPS) is 11.3. The standard InChI is InChI=1S/C14H8ClN3O4/c15-8-1-4-10-11(7-8)17-14(16-10)12(19)5-2-9-3-6-13(22-9)18(20)21/h1-7H,(H,16,17)/b5-2+. The van der Waals surface area contributed by atoms with Crippen molar-refractivity contribution in [1.29, 1.82) is 0 Å². The number of hydrogen-bond acceptors (Lipinski definition) is 5. The molecule has 22 heavy (non-hydrogen) atoms. The van der Waals surface area contributed by atoms with Crippen molar-refractivity contribution < 1.29 is 14.1 Å². The average Bonchev–Trinajstić information content (AvgIpc) is 3.10. The average molecular weight is 318 g/mol. The van der Waals surface area contributed by atoms with Gasteiger partial charge in [0, 0.05) is 5.02 Å². The zero-order valence-electron chi connectivity index (χ0n) is 10.9. The summed E-state index contributed by atoms with van der Waals surface area (Å²) in [7, 11) is 0. The topological polar surface area (TPSA) is 102 Å². The minimum Gasteiger partial charge on any atom is -0.401 e. The van der Waals surface area contributed by atoms with E-state index in [4.69, 9.17) is 16.0 Å². The molecule has 8 heteroatoms. The first-order valence-electron chi connectivity index (χ1n) is 6.15. The molecule has 0 aliphatic heterocycles. The lowest BCUT2D eigenvalue weighted by molar-refractivity contribution is -0.402. The third-order valence-electron chi connectivity index (χ3n) is 2.87. The molecule has 2 aromatic heterocycles. The molecule has 0 amide bonds. The molecule has 1 N–H and O–H groups in total. The highest BCUT2D eigenvalue weighted by molar-refractivity contribution is 6.31. The molecule has 0 unspecified atom stereocenters. The molecule has 0 spiro atoms. The van der Waals surface area contributed by atoms with Gasteiger partial charge in [-0.15, -0.1) is 0 Å². The Morgan fingerprint density at radius 1 is 1.36 bits per heavy atom. The van der Waals surface area contributed by atoms with Crippen LogP contribution in [0.5, 0.6) is 0 Å². The number of nitrogens with zero attached hydrogens (tertiary/aromatic N) is 2. The number of H-pyrrole nitrogens is 1. The molecule has 3 aromatic rings. The van der Waals surface area contributed by atoms with Gasteiger partial charge in [0.1, 0.15) is 10.7 Å². The van der Waals surface area contributed by atoms with E-state index in [2.05, 4.69) is 9.97 Å². The van der Waals surface area contributed by atoms with Crippen LogP contribution in [0.3, 0.4) is 0 Å². The van der Waals surface area contributed by atoms with E-state index >= 15 is 0 Å². The third-order valence-corrected chi connectivity index (χ3v) is 3.10. The fourth-order valence-corrected chi connectivity index (χ4v) is 2.04. The van der Waals surface area contributed by atoms with E-state index in [9.17, 15) is 14.9 Å². The van der Waals surface area contributed by atoms with Gasteiger partial charge < -0.3 is 9.40 Å². The Bertz CT molecular complexity index is 910. The Kier molecular flexibility index (Phi) is 3.48. The predicted molar refractivity (Wildman–Crippen MR) is 79.8 cm³/mol. The van der Waals surface area contributed by atoms with Crippen LogP contribution in [-0.4, -0.2) is 20.7 Å². The Morgan fingerprint density at radius 2 is 2.18 bits per heavy atom. The Morgan fingerprint density at radius 3 is 2.91 bits per heavy atom. The number of carbonyl (C=O) groups is 1. The summed E-state index contributed by atoms with van der Waals surface area (Å²) in [6, 6.07) is 7.66. The first-order chi connectivity index (χ1) is 10.5.